The lowest BCUT2D eigenvalue weighted by Crippen LogP contribution is -2.23. The molecule has 0 fully saturated rings. The number of fused-ring (bicyclic) bond motifs is 1. The maximum Gasteiger partial charge on any atom is 0.0334 e. The number of benzene rings is 1. The molecule has 0 spiro atoms. The number of nitrogens with one attached hydrogen (secondary N) is 1. The smallest absolute Gasteiger partial charge is 0.0334 e. The van der Waals surface area contributed by atoms with Crippen molar-refractivity contribution in [1.82, 2.24) is 5.32 Å². The van der Waals surface area contributed by atoms with Gasteiger partial charge in [-0.05, 0) is 54.0 Å². The Morgan fingerprint density at radius 3 is 2.89 bits per heavy atom. The van der Waals surface area contributed by atoms with E-state index in [0.717, 1.165) is 11.0 Å². The summed E-state index contributed by atoms with van der Waals surface area (Å²) in [6.45, 7) is 0.952. The van der Waals surface area contributed by atoms with Crippen LogP contribution in [0.2, 0.25) is 0 Å². The number of halogens is 1. The van der Waals surface area contributed by atoms with Crippen LogP contribution in [0.5, 0.6) is 0 Å². The van der Waals surface area contributed by atoms with Crippen LogP contribution in [0.3, 0.4) is 0 Å². The van der Waals surface area contributed by atoms with Gasteiger partial charge in [0.05, 0.1) is 0 Å². The first-order valence-electron chi connectivity index (χ1n) is 6.37. The molecule has 0 saturated heterocycles. The zero-order chi connectivity index (χ0) is 12.4. The fourth-order valence-electron chi connectivity index (χ4n) is 2.54. The van der Waals surface area contributed by atoms with E-state index < -0.39 is 0 Å². The van der Waals surface area contributed by atoms with Gasteiger partial charge in [0, 0.05) is 21.9 Å². The Bertz CT molecular complexity index is 518. The summed E-state index contributed by atoms with van der Waals surface area (Å²) in [5.74, 6) is 0. The fourth-order valence-corrected chi connectivity index (χ4v) is 3.79. The normalized spacial score (nSPS) is 18.6. The lowest BCUT2D eigenvalue weighted by Gasteiger charge is -2.23. The number of rotatable bonds is 3. The van der Waals surface area contributed by atoms with Crippen molar-refractivity contribution in [2.24, 2.45) is 0 Å². The quantitative estimate of drug-likeness (QED) is 0.865. The zero-order valence-electron chi connectivity index (χ0n) is 10.2. The summed E-state index contributed by atoms with van der Waals surface area (Å²) in [6, 6.07) is 11.4. The number of aryl methyl sites for hydroxylation is 1. The Morgan fingerprint density at radius 2 is 2.06 bits per heavy atom. The zero-order valence-corrected chi connectivity index (χ0v) is 12.6. The molecule has 1 nitrogen and oxygen atoms in total. The molecule has 3 heteroatoms. The predicted octanol–water partition coefficient (Wildman–Crippen LogP) is 4.68. The van der Waals surface area contributed by atoms with Gasteiger partial charge in [0.2, 0.25) is 0 Å². The van der Waals surface area contributed by atoms with E-state index in [1.54, 1.807) is 4.88 Å². The van der Waals surface area contributed by atoms with Crippen molar-refractivity contribution in [2.45, 2.75) is 31.8 Å². The standard InChI is InChI=1S/C15H16BrNS/c16-12-6-4-11(5-7-12)10-17-14-2-1-3-15-13(14)8-9-18-15/h4-9,14,17H,1-3,10H2. The number of hydrogen-bond acceptors (Lipinski definition) is 2. The van der Waals surface area contributed by atoms with E-state index in [-0.39, 0.29) is 0 Å². The largest absolute Gasteiger partial charge is 0.306 e. The van der Waals surface area contributed by atoms with Crippen molar-refractivity contribution >= 4 is 27.3 Å². The van der Waals surface area contributed by atoms with Crippen molar-refractivity contribution < 1.29 is 0 Å². The minimum atomic E-state index is 0.545. The van der Waals surface area contributed by atoms with Crippen molar-refractivity contribution in [1.29, 1.82) is 0 Å². The maximum absolute atomic E-state index is 3.69. The van der Waals surface area contributed by atoms with Gasteiger partial charge in [0.1, 0.15) is 0 Å². The van der Waals surface area contributed by atoms with E-state index in [9.17, 15) is 0 Å². The molecular formula is C15H16BrNS. The SMILES string of the molecule is Brc1ccc(CNC2CCCc3sccc32)cc1. The molecule has 3 rings (SSSR count). The van der Waals surface area contributed by atoms with Crippen LogP contribution in [-0.2, 0) is 13.0 Å². The van der Waals surface area contributed by atoms with Crippen LogP contribution in [-0.4, -0.2) is 0 Å². The summed E-state index contributed by atoms with van der Waals surface area (Å²) in [7, 11) is 0. The molecule has 0 radical (unpaired) electrons. The molecule has 1 atom stereocenters. The minimum absolute atomic E-state index is 0.545. The van der Waals surface area contributed by atoms with Gasteiger partial charge in [-0.2, -0.15) is 0 Å². The Hall–Kier alpha value is -0.640. The summed E-state index contributed by atoms with van der Waals surface area (Å²) in [6.07, 6.45) is 3.84. The van der Waals surface area contributed by atoms with Gasteiger partial charge in [0.25, 0.3) is 0 Å². The fraction of sp³-hybridized carbons (Fsp3) is 0.333. The first kappa shape index (κ1) is 12.4. The van der Waals surface area contributed by atoms with Crippen LogP contribution in [0.25, 0.3) is 0 Å². The third-order valence-electron chi connectivity index (χ3n) is 3.52. The van der Waals surface area contributed by atoms with Gasteiger partial charge in [-0.15, -0.1) is 11.3 Å². The molecule has 18 heavy (non-hydrogen) atoms. The van der Waals surface area contributed by atoms with Crippen molar-refractivity contribution in [3.05, 3.63) is 56.2 Å². The molecule has 0 amide bonds. The Labute approximate surface area is 120 Å². The Kier molecular flexibility index (Phi) is 3.83. The van der Waals surface area contributed by atoms with Gasteiger partial charge in [-0.25, -0.2) is 0 Å². The molecule has 2 aromatic rings. The highest BCUT2D eigenvalue weighted by atomic mass is 79.9. The summed E-state index contributed by atoms with van der Waals surface area (Å²) >= 11 is 5.38. The molecule has 1 aromatic carbocycles. The second kappa shape index (κ2) is 5.55. The molecule has 1 aliphatic carbocycles. The Balaban J connectivity index is 1.66. The maximum atomic E-state index is 3.69. The van der Waals surface area contributed by atoms with Gasteiger partial charge in [-0.1, -0.05) is 28.1 Å². The highest BCUT2D eigenvalue weighted by Gasteiger charge is 2.20. The summed E-state index contributed by atoms with van der Waals surface area (Å²) in [4.78, 5) is 1.58. The van der Waals surface area contributed by atoms with Crippen molar-refractivity contribution in [3.63, 3.8) is 0 Å². The number of thiophene rings is 1. The molecule has 94 valence electrons. The van der Waals surface area contributed by atoms with Crippen LogP contribution in [0.15, 0.2) is 40.2 Å². The van der Waals surface area contributed by atoms with Gasteiger partial charge >= 0.3 is 0 Å². The molecule has 0 saturated carbocycles. The first-order valence-corrected chi connectivity index (χ1v) is 8.04. The van der Waals surface area contributed by atoms with E-state index in [1.807, 2.05) is 11.3 Å². The number of hydrogen-bond donors (Lipinski definition) is 1. The predicted molar refractivity (Wildman–Crippen MR) is 81.0 cm³/mol. The molecule has 1 aliphatic rings. The molecule has 1 aromatic heterocycles. The van der Waals surface area contributed by atoms with E-state index in [2.05, 4.69) is 57.0 Å². The molecule has 0 bridgehead atoms. The first-order chi connectivity index (χ1) is 8.83. The summed E-state index contributed by atoms with van der Waals surface area (Å²) in [5, 5.41) is 5.92. The van der Waals surface area contributed by atoms with Gasteiger partial charge in [-0.3, -0.25) is 0 Å². The molecule has 0 aliphatic heterocycles. The van der Waals surface area contributed by atoms with Crippen LogP contribution in [0, 0.1) is 0 Å². The highest BCUT2D eigenvalue weighted by molar-refractivity contribution is 9.10. The average molecular weight is 322 g/mol. The Morgan fingerprint density at radius 1 is 1.22 bits per heavy atom. The van der Waals surface area contributed by atoms with Crippen LogP contribution in [0.1, 0.15) is 34.9 Å². The van der Waals surface area contributed by atoms with E-state index in [1.165, 1.54) is 30.4 Å². The molecule has 1 unspecified atom stereocenters. The van der Waals surface area contributed by atoms with Gasteiger partial charge in [0.15, 0.2) is 0 Å². The van der Waals surface area contributed by atoms with Crippen LogP contribution in [0.4, 0.5) is 0 Å². The molecule has 1 N–H and O–H groups in total. The summed E-state index contributed by atoms with van der Waals surface area (Å²) in [5.41, 5.74) is 2.88. The van der Waals surface area contributed by atoms with Gasteiger partial charge < -0.3 is 5.32 Å². The van der Waals surface area contributed by atoms with Crippen molar-refractivity contribution in [3.8, 4) is 0 Å². The van der Waals surface area contributed by atoms with Crippen LogP contribution < -0.4 is 5.32 Å². The molecular weight excluding hydrogens is 306 g/mol. The third kappa shape index (κ3) is 2.68. The lowest BCUT2D eigenvalue weighted by molar-refractivity contribution is 0.463. The monoisotopic (exact) mass is 321 g/mol. The van der Waals surface area contributed by atoms with E-state index >= 15 is 0 Å². The highest BCUT2D eigenvalue weighted by Crippen LogP contribution is 2.33. The third-order valence-corrected chi connectivity index (χ3v) is 5.04. The average Bonchev–Trinajstić information content (AvgIpc) is 2.87. The summed E-state index contributed by atoms with van der Waals surface area (Å²) < 4.78 is 1.14. The van der Waals surface area contributed by atoms with Crippen molar-refractivity contribution in [2.75, 3.05) is 0 Å². The second-order valence-electron chi connectivity index (χ2n) is 4.75. The lowest BCUT2D eigenvalue weighted by atomic mass is 9.94. The second-order valence-corrected chi connectivity index (χ2v) is 6.67. The van der Waals surface area contributed by atoms with Crippen LogP contribution >= 0.6 is 27.3 Å². The van der Waals surface area contributed by atoms with E-state index in [0.29, 0.717) is 6.04 Å². The minimum Gasteiger partial charge on any atom is -0.306 e. The van der Waals surface area contributed by atoms with E-state index in [4.69, 9.17) is 0 Å². The molecule has 1 heterocycles. The topological polar surface area (TPSA) is 12.0 Å².